The highest BCUT2D eigenvalue weighted by atomic mass is 16.6. The number of urea groups is 1. The summed E-state index contributed by atoms with van der Waals surface area (Å²) in [5.41, 5.74) is -0.906. The van der Waals surface area contributed by atoms with E-state index in [-0.39, 0.29) is 18.8 Å². The average molecular weight is 399 g/mol. The lowest BCUT2D eigenvalue weighted by atomic mass is 9.92. The molecule has 0 unspecified atom stereocenters. The Balaban J connectivity index is 1.63. The van der Waals surface area contributed by atoms with Gasteiger partial charge in [-0.05, 0) is 55.8 Å². The zero-order valence-electron chi connectivity index (χ0n) is 16.1. The van der Waals surface area contributed by atoms with Crippen LogP contribution in [-0.4, -0.2) is 41.5 Å². The maximum absolute atomic E-state index is 12.9. The SMILES string of the molecule is CCOc1ccc(OCCN2C(=O)N[C@](C)(c3ccc([N+](=O)[O-])cc3)C2=O)cc1. The first-order valence-corrected chi connectivity index (χ1v) is 9.10. The summed E-state index contributed by atoms with van der Waals surface area (Å²) in [6, 6.07) is 12.1. The fourth-order valence-corrected chi connectivity index (χ4v) is 3.07. The third kappa shape index (κ3) is 4.13. The van der Waals surface area contributed by atoms with Crippen molar-refractivity contribution in [3.05, 3.63) is 64.2 Å². The molecule has 1 saturated heterocycles. The molecule has 1 fully saturated rings. The minimum Gasteiger partial charge on any atom is -0.494 e. The molecule has 2 aromatic rings. The molecule has 9 heteroatoms. The molecule has 29 heavy (non-hydrogen) atoms. The number of carbonyl (C=O) groups excluding carboxylic acids is 2. The van der Waals surface area contributed by atoms with Crippen molar-refractivity contribution in [2.75, 3.05) is 19.8 Å². The number of rotatable bonds is 8. The Kier molecular flexibility index (Phi) is 5.67. The normalized spacial score (nSPS) is 18.5. The second-order valence-electron chi connectivity index (χ2n) is 6.57. The average Bonchev–Trinajstić information content (AvgIpc) is 2.93. The zero-order valence-corrected chi connectivity index (χ0v) is 16.1. The summed E-state index contributed by atoms with van der Waals surface area (Å²) in [5, 5.41) is 13.5. The summed E-state index contributed by atoms with van der Waals surface area (Å²) in [4.78, 5) is 36.5. The molecule has 1 atom stereocenters. The van der Waals surface area contributed by atoms with E-state index in [2.05, 4.69) is 5.32 Å². The van der Waals surface area contributed by atoms with Crippen LogP contribution in [0.3, 0.4) is 0 Å². The number of nitro groups is 1. The van der Waals surface area contributed by atoms with Crippen molar-refractivity contribution in [2.24, 2.45) is 0 Å². The molecule has 0 radical (unpaired) electrons. The highest BCUT2D eigenvalue weighted by Gasteiger charge is 2.48. The van der Waals surface area contributed by atoms with Gasteiger partial charge in [0.1, 0.15) is 23.6 Å². The zero-order chi connectivity index (χ0) is 21.0. The van der Waals surface area contributed by atoms with E-state index >= 15 is 0 Å². The first-order valence-electron chi connectivity index (χ1n) is 9.10. The number of amides is 3. The van der Waals surface area contributed by atoms with E-state index in [9.17, 15) is 19.7 Å². The van der Waals surface area contributed by atoms with Crippen molar-refractivity contribution in [3.8, 4) is 11.5 Å². The monoisotopic (exact) mass is 399 g/mol. The lowest BCUT2D eigenvalue weighted by molar-refractivity contribution is -0.384. The molecule has 1 aliphatic rings. The van der Waals surface area contributed by atoms with Crippen LogP contribution in [0.2, 0.25) is 0 Å². The number of nitrogens with one attached hydrogen (secondary N) is 1. The van der Waals surface area contributed by atoms with Gasteiger partial charge in [0.2, 0.25) is 0 Å². The van der Waals surface area contributed by atoms with Crippen molar-refractivity contribution in [2.45, 2.75) is 19.4 Å². The Morgan fingerprint density at radius 2 is 1.62 bits per heavy atom. The van der Waals surface area contributed by atoms with Gasteiger partial charge in [0.25, 0.3) is 11.6 Å². The maximum Gasteiger partial charge on any atom is 0.325 e. The van der Waals surface area contributed by atoms with Crippen molar-refractivity contribution >= 4 is 17.6 Å². The lowest BCUT2D eigenvalue weighted by Crippen LogP contribution is -2.41. The summed E-state index contributed by atoms with van der Waals surface area (Å²) < 4.78 is 11.0. The van der Waals surface area contributed by atoms with E-state index in [4.69, 9.17) is 9.47 Å². The molecule has 0 aromatic heterocycles. The quantitative estimate of drug-likeness (QED) is 0.415. The van der Waals surface area contributed by atoms with E-state index in [1.165, 1.54) is 24.3 Å². The molecule has 9 nitrogen and oxygen atoms in total. The summed E-state index contributed by atoms with van der Waals surface area (Å²) >= 11 is 0. The van der Waals surface area contributed by atoms with E-state index in [1.807, 2.05) is 6.92 Å². The number of imide groups is 1. The van der Waals surface area contributed by atoms with Crippen molar-refractivity contribution in [1.29, 1.82) is 0 Å². The second kappa shape index (κ2) is 8.17. The fraction of sp³-hybridized carbons (Fsp3) is 0.300. The lowest BCUT2D eigenvalue weighted by Gasteiger charge is -2.22. The van der Waals surface area contributed by atoms with Crippen LogP contribution in [0.5, 0.6) is 11.5 Å². The van der Waals surface area contributed by atoms with Gasteiger partial charge in [-0.1, -0.05) is 0 Å². The topological polar surface area (TPSA) is 111 Å². The summed E-state index contributed by atoms with van der Waals surface area (Å²) in [5.74, 6) is 0.887. The summed E-state index contributed by atoms with van der Waals surface area (Å²) in [6.45, 7) is 4.23. The molecule has 0 saturated carbocycles. The molecule has 152 valence electrons. The third-order valence-electron chi connectivity index (χ3n) is 4.65. The molecule has 0 aliphatic carbocycles. The van der Waals surface area contributed by atoms with E-state index in [0.29, 0.717) is 17.9 Å². The van der Waals surface area contributed by atoms with Gasteiger partial charge in [-0.25, -0.2) is 4.79 Å². The Morgan fingerprint density at radius 1 is 1.03 bits per heavy atom. The molecule has 1 aliphatic heterocycles. The van der Waals surface area contributed by atoms with Crippen LogP contribution >= 0.6 is 0 Å². The van der Waals surface area contributed by atoms with Crippen LogP contribution in [0.25, 0.3) is 0 Å². The minimum atomic E-state index is -1.29. The number of carbonyl (C=O) groups is 2. The number of ether oxygens (including phenoxy) is 2. The van der Waals surface area contributed by atoms with Crippen LogP contribution in [0.1, 0.15) is 19.4 Å². The highest BCUT2D eigenvalue weighted by Crippen LogP contribution is 2.30. The smallest absolute Gasteiger partial charge is 0.325 e. The van der Waals surface area contributed by atoms with Crippen LogP contribution in [-0.2, 0) is 10.3 Å². The molecular weight excluding hydrogens is 378 g/mol. The number of nitrogens with zero attached hydrogens (tertiary/aromatic N) is 2. The van der Waals surface area contributed by atoms with Gasteiger partial charge < -0.3 is 14.8 Å². The van der Waals surface area contributed by atoms with E-state index < -0.39 is 22.4 Å². The summed E-state index contributed by atoms with van der Waals surface area (Å²) in [7, 11) is 0. The van der Waals surface area contributed by atoms with Crippen LogP contribution in [0.4, 0.5) is 10.5 Å². The standard InChI is InChI=1S/C20H21N3O6/c1-3-28-16-8-10-17(11-9-16)29-13-12-22-18(24)20(2,21-19(22)25)14-4-6-15(7-5-14)23(26)27/h4-11H,3,12-13H2,1-2H3,(H,21,25)/t20-/m1/s1. The first-order chi connectivity index (χ1) is 13.8. The summed E-state index contributed by atoms with van der Waals surface area (Å²) in [6.07, 6.45) is 0. The Hall–Kier alpha value is -3.62. The van der Waals surface area contributed by atoms with Gasteiger partial charge in [0.05, 0.1) is 18.1 Å². The molecule has 3 amide bonds. The van der Waals surface area contributed by atoms with Gasteiger partial charge in [-0.2, -0.15) is 0 Å². The van der Waals surface area contributed by atoms with E-state index in [0.717, 1.165) is 10.6 Å². The molecule has 0 bridgehead atoms. The number of non-ortho nitro benzene ring substituents is 1. The Morgan fingerprint density at radius 3 is 2.17 bits per heavy atom. The Bertz CT molecular complexity index is 913. The van der Waals surface area contributed by atoms with Crippen LogP contribution < -0.4 is 14.8 Å². The molecule has 2 aromatic carbocycles. The molecule has 1 heterocycles. The number of nitro benzene ring substituents is 1. The molecular formula is C20H21N3O6. The van der Waals surface area contributed by atoms with Crippen LogP contribution in [0.15, 0.2) is 48.5 Å². The second-order valence-corrected chi connectivity index (χ2v) is 6.57. The number of hydrogen-bond donors (Lipinski definition) is 1. The molecule has 0 spiro atoms. The van der Waals surface area contributed by atoms with Gasteiger partial charge in [0, 0.05) is 12.1 Å². The largest absolute Gasteiger partial charge is 0.494 e. The fourth-order valence-electron chi connectivity index (χ4n) is 3.07. The number of hydrogen-bond acceptors (Lipinski definition) is 6. The maximum atomic E-state index is 12.9. The van der Waals surface area contributed by atoms with Crippen molar-refractivity contribution in [3.63, 3.8) is 0 Å². The highest BCUT2D eigenvalue weighted by molar-refractivity contribution is 6.07. The predicted molar refractivity (Wildman–Crippen MR) is 104 cm³/mol. The Labute approximate surface area is 167 Å². The first kappa shape index (κ1) is 20.1. The molecule has 1 N–H and O–H groups in total. The van der Waals surface area contributed by atoms with Gasteiger partial charge in [-0.3, -0.25) is 19.8 Å². The molecule has 3 rings (SSSR count). The number of benzene rings is 2. The van der Waals surface area contributed by atoms with Gasteiger partial charge in [-0.15, -0.1) is 0 Å². The van der Waals surface area contributed by atoms with E-state index in [1.54, 1.807) is 31.2 Å². The van der Waals surface area contributed by atoms with Crippen molar-refractivity contribution < 1.29 is 24.0 Å². The van der Waals surface area contributed by atoms with Gasteiger partial charge >= 0.3 is 6.03 Å². The third-order valence-corrected chi connectivity index (χ3v) is 4.65. The minimum absolute atomic E-state index is 0.0699. The van der Waals surface area contributed by atoms with Gasteiger partial charge in [0.15, 0.2) is 0 Å². The van der Waals surface area contributed by atoms with Crippen LogP contribution in [0, 0.1) is 10.1 Å². The van der Waals surface area contributed by atoms with Crippen molar-refractivity contribution in [1.82, 2.24) is 10.2 Å². The predicted octanol–water partition coefficient (Wildman–Crippen LogP) is 2.84.